The summed E-state index contributed by atoms with van der Waals surface area (Å²) in [5.74, 6) is -0.143. The Labute approximate surface area is 139 Å². The largest absolute Gasteiger partial charge is 0.327 e. The monoisotopic (exact) mass is 341 g/mol. The van der Waals surface area contributed by atoms with E-state index in [1.54, 1.807) is 10.9 Å². The van der Waals surface area contributed by atoms with Crippen LogP contribution in [0.3, 0.4) is 0 Å². The van der Waals surface area contributed by atoms with Gasteiger partial charge in [0.2, 0.25) is 0 Å². The molecule has 3 N–H and O–H groups in total. The number of carbonyl (C=O) groups excluding carboxylic acids is 1. The van der Waals surface area contributed by atoms with Crippen LogP contribution in [0, 0.1) is 0 Å². The van der Waals surface area contributed by atoms with Crippen LogP contribution in [0.1, 0.15) is 40.0 Å². The minimum Gasteiger partial charge on any atom is -0.327 e. The van der Waals surface area contributed by atoms with E-state index in [0.29, 0.717) is 10.7 Å². The Bertz CT molecular complexity index is 681. The van der Waals surface area contributed by atoms with Crippen LogP contribution in [0.5, 0.6) is 0 Å². The third-order valence-corrected chi connectivity index (χ3v) is 4.72. The van der Waals surface area contributed by atoms with Crippen molar-refractivity contribution in [3.05, 3.63) is 28.0 Å². The van der Waals surface area contributed by atoms with Crippen LogP contribution >= 0.6 is 23.7 Å². The lowest BCUT2D eigenvalue weighted by Crippen LogP contribution is -2.27. The van der Waals surface area contributed by atoms with E-state index in [9.17, 15) is 4.79 Å². The zero-order valence-electron chi connectivity index (χ0n) is 12.6. The lowest BCUT2D eigenvalue weighted by atomic mass is 9.99. The number of halogens is 1. The summed E-state index contributed by atoms with van der Waals surface area (Å²) in [4.78, 5) is 18.1. The summed E-state index contributed by atoms with van der Waals surface area (Å²) in [6.07, 6.45) is 5.20. The van der Waals surface area contributed by atoms with Crippen LogP contribution in [0.25, 0.3) is 0 Å². The van der Waals surface area contributed by atoms with Crippen molar-refractivity contribution >= 4 is 34.8 Å². The van der Waals surface area contributed by atoms with Gasteiger partial charge in [-0.3, -0.25) is 14.8 Å². The molecule has 0 radical (unpaired) electrons. The van der Waals surface area contributed by atoms with Crippen molar-refractivity contribution in [1.82, 2.24) is 14.8 Å². The molecule has 0 saturated heterocycles. The zero-order chi connectivity index (χ0) is 15.0. The van der Waals surface area contributed by atoms with Gasteiger partial charge in [0, 0.05) is 24.2 Å². The summed E-state index contributed by atoms with van der Waals surface area (Å²) in [5, 5.41) is 7.84. The van der Waals surface area contributed by atoms with E-state index >= 15 is 0 Å². The lowest BCUT2D eigenvalue weighted by molar-refractivity contribution is 0.102. The number of anilines is 1. The summed E-state index contributed by atoms with van der Waals surface area (Å²) in [5.41, 5.74) is 8.47. The Hall–Kier alpha value is -1.44. The number of nitrogens with one attached hydrogen (secondary N) is 1. The Morgan fingerprint density at radius 1 is 1.59 bits per heavy atom. The van der Waals surface area contributed by atoms with Crippen molar-refractivity contribution in [3.63, 3.8) is 0 Å². The number of thiazole rings is 1. The van der Waals surface area contributed by atoms with Crippen LogP contribution < -0.4 is 11.1 Å². The van der Waals surface area contributed by atoms with E-state index in [0.717, 1.165) is 37.1 Å². The molecular formula is C14H20ClN5OS. The molecule has 0 unspecified atom stereocenters. The molecule has 8 heteroatoms. The van der Waals surface area contributed by atoms with E-state index in [2.05, 4.69) is 15.4 Å². The number of hydrogen-bond donors (Lipinski definition) is 2. The fraction of sp³-hybridized carbons (Fsp3) is 0.500. The zero-order valence-corrected chi connectivity index (χ0v) is 14.3. The molecule has 2 heterocycles. The molecule has 2 aromatic heterocycles. The van der Waals surface area contributed by atoms with Gasteiger partial charge in [-0.1, -0.05) is 6.92 Å². The Morgan fingerprint density at radius 2 is 2.36 bits per heavy atom. The van der Waals surface area contributed by atoms with Gasteiger partial charge in [0.1, 0.15) is 0 Å². The molecule has 0 spiro atoms. The van der Waals surface area contributed by atoms with Crippen LogP contribution in [-0.2, 0) is 26.3 Å². The SMILES string of the molecule is CCc1nn(C)cc1C(=O)Nc1nc2c(s1)C[C@@H](N)CC2.Cl. The summed E-state index contributed by atoms with van der Waals surface area (Å²) in [6.45, 7) is 1.99. The normalized spacial score (nSPS) is 16.8. The predicted molar refractivity (Wildman–Crippen MR) is 89.9 cm³/mol. The van der Waals surface area contributed by atoms with E-state index < -0.39 is 0 Å². The van der Waals surface area contributed by atoms with Crippen LogP contribution in [0.15, 0.2) is 6.20 Å². The second kappa shape index (κ2) is 6.76. The van der Waals surface area contributed by atoms with E-state index in [4.69, 9.17) is 5.73 Å². The number of carbonyl (C=O) groups is 1. The van der Waals surface area contributed by atoms with Gasteiger partial charge in [0.25, 0.3) is 5.91 Å². The highest BCUT2D eigenvalue weighted by Crippen LogP contribution is 2.29. The summed E-state index contributed by atoms with van der Waals surface area (Å²) >= 11 is 1.53. The molecule has 22 heavy (non-hydrogen) atoms. The number of nitrogens with zero attached hydrogens (tertiary/aromatic N) is 3. The average Bonchev–Trinajstić information content (AvgIpc) is 3.00. The summed E-state index contributed by atoms with van der Waals surface area (Å²) in [7, 11) is 1.82. The van der Waals surface area contributed by atoms with Gasteiger partial charge in [-0.2, -0.15) is 5.10 Å². The highest BCUT2D eigenvalue weighted by molar-refractivity contribution is 7.15. The minimum absolute atomic E-state index is 0. The molecule has 2 aromatic rings. The molecular weight excluding hydrogens is 322 g/mol. The second-order valence-electron chi connectivity index (χ2n) is 5.36. The quantitative estimate of drug-likeness (QED) is 0.893. The predicted octanol–water partition coefficient (Wildman–Crippen LogP) is 1.93. The first-order valence-corrected chi connectivity index (χ1v) is 7.96. The molecule has 0 bridgehead atoms. The minimum atomic E-state index is -0.143. The highest BCUT2D eigenvalue weighted by Gasteiger charge is 2.22. The molecule has 1 aliphatic rings. The maximum absolute atomic E-state index is 12.4. The smallest absolute Gasteiger partial charge is 0.260 e. The van der Waals surface area contributed by atoms with Crippen molar-refractivity contribution in [2.75, 3.05) is 5.32 Å². The van der Waals surface area contributed by atoms with Crippen LogP contribution in [-0.4, -0.2) is 26.7 Å². The fourth-order valence-corrected chi connectivity index (χ4v) is 3.70. The highest BCUT2D eigenvalue weighted by atomic mass is 35.5. The summed E-state index contributed by atoms with van der Waals surface area (Å²) in [6, 6.07) is 0.214. The van der Waals surface area contributed by atoms with Crippen molar-refractivity contribution in [1.29, 1.82) is 0 Å². The van der Waals surface area contributed by atoms with E-state index in [1.165, 1.54) is 16.2 Å². The molecule has 1 aliphatic carbocycles. The van der Waals surface area contributed by atoms with Gasteiger partial charge in [0.15, 0.2) is 5.13 Å². The third-order valence-electron chi connectivity index (χ3n) is 3.68. The van der Waals surface area contributed by atoms with Crippen LogP contribution in [0.4, 0.5) is 5.13 Å². The van der Waals surface area contributed by atoms with Gasteiger partial charge in [-0.05, 0) is 25.7 Å². The van der Waals surface area contributed by atoms with Crippen molar-refractivity contribution in [3.8, 4) is 0 Å². The number of rotatable bonds is 3. The van der Waals surface area contributed by atoms with Gasteiger partial charge in [0.05, 0.1) is 17.0 Å². The number of fused-ring (bicyclic) bond motifs is 1. The third kappa shape index (κ3) is 3.31. The molecule has 0 aromatic carbocycles. The molecule has 0 aliphatic heterocycles. The van der Waals surface area contributed by atoms with E-state index in [-0.39, 0.29) is 24.4 Å². The molecule has 120 valence electrons. The van der Waals surface area contributed by atoms with Crippen molar-refractivity contribution in [2.45, 2.75) is 38.6 Å². The van der Waals surface area contributed by atoms with Gasteiger partial charge >= 0.3 is 0 Å². The van der Waals surface area contributed by atoms with E-state index in [1.807, 2.05) is 14.0 Å². The Balaban J connectivity index is 0.00000176. The average molecular weight is 342 g/mol. The fourth-order valence-electron chi connectivity index (χ4n) is 2.60. The van der Waals surface area contributed by atoms with Crippen LogP contribution in [0.2, 0.25) is 0 Å². The van der Waals surface area contributed by atoms with Gasteiger partial charge < -0.3 is 5.73 Å². The maximum Gasteiger partial charge on any atom is 0.260 e. The molecule has 3 rings (SSSR count). The molecule has 0 saturated carbocycles. The Kier molecular flexibility index (Phi) is 5.20. The molecule has 1 amide bonds. The standard InChI is InChI=1S/C14H19N5OS.ClH/c1-3-10-9(7-19(2)18-10)13(20)17-14-16-11-5-4-8(15)6-12(11)21-14;/h7-8H,3-6,15H2,1-2H3,(H,16,17,20);1H/t8-;/m0./s1. The number of nitrogens with two attached hydrogens (primary N) is 1. The summed E-state index contributed by atoms with van der Waals surface area (Å²) < 4.78 is 1.67. The number of aromatic nitrogens is 3. The molecule has 1 atom stereocenters. The number of hydrogen-bond acceptors (Lipinski definition) is 5. The maximum atomic E-state index is 12.4. The first kappa shape index (κ1) is 16.9. The van der Waals surface area contributed by atoms with Crippen molar-refractivity contribution < 1.29 is 4.79 Å². The molecule has 0 fully saturated rings. The molecule has 6 nitrogen and oxygen atoms in total. The first-order valence-electron chi connectivity index (χ1n) is 7.14. The van der Waals surface area contributed by atoms with Gasteiger partial charge in [-0.15, -0.1) is 23.7 Å². The number of aryl methyl sites for hydroxylation is 3. The van der Waals surface area contributed by atoms with Crippen molar-refractivity contribution in [2.24, 2.45) is 12.8 Å². The Morgan fingerprint density at radius 3 is 3.09 bits per heavy atom. The first-order chi connectivity index (χ1) is 10.1. The topological polar surface area (TPSA) is 85.8 Å². The lowest BCUT2D eigenvalue weighted by Gasteiger charge is -2.15. The van der Waals surface area contributed by atoms with Gasteiger partial charge in [-0.25, -0.2) is 4.98 Å². The second-order valence-corrected chi connectivity index (χ2v) is 6.45. The number of amides is 1.